The van der Waals surface area contributed by atoms with E-state index < -0.39 is 0 Å². The average Bonchev–Trinajstić information content (AvgIpc) is 3.32. The molecule has 1 amide bonds. The topological polar surface area (TPSA) is 104 Å². The number of para-hydroxylation sites is 1. The van der Waals surface area contributed by atoms with Gasteiger partial charge in [-0.1, -0.05) is 17.3 Å². The Labute approximate surface area is 168 Å². The Morgan fingerprint density at radius 1 is 1.31 bits per heavy atom. The van der Waals surface area contributed by atoms with Crippen molar-refractivity contribution in [3.8, 4) is 5.75 Å². The van der Waals surface area contributed by atoms with Crippen LogP contribution >= 0.6 is 0 Å². The highest BCUT2D eigenvalue weighted by atomic mass is 16.5. The van der Waals surface area contributed by atoms with Crippen LogP contribution in [0.25, 0.3) is 11.0 Å². The van der Waals surface area contributed by atoms with Gasteiger partial charge in [0.1, 0.15) is 17.1 Å². The van der Waals surface area contributed by atoms with E-state index in [2.05, 4.69) is 10.5 Å². The maximum atomic E-state index is 12.4. The van der Waals surface area contributed by atoms with Crippen LogP contribution in [0.1, 0.15) is 54.6 Å². The summed E-state index contributed by atoms with van der Waals surface area (Å²) >= 11 is 0. The molecule has 0 aliphatic heterocycles. The van der Waals surface area contributed by atoms with Gasteiger partial charge >= 0.3 is 5.97 Å². The first kappa shape index (κ1) is 20.4. The normalized spacial score (nSPS) is 12.0. The molecule has 0 spiro atoms. The molecular weight excluding hydrogens is 376 g/mol. The molecule has 2 heterocycles. The van der Waals surface area contributed by atoms with Gasteiger partial charge in [0.15, 0.2) is 11.3 Å². The predicted molar refractivity (Wildman–Crippen MR) is 105 cm³/mol. The fourth-order valence-electron chi connectivity index (χ4n) is 2.88. The van der Waals surface area contributed by atoms with Crippen LogP contribution in [0.3, 0.4) is 0 Å². The number of esters is 1. The van der Waals surface area contributed by atoms with Crippen molar-refractivity contribution in [1.82, 2.24) is 10.5 Å². The molecule has 8 heteroatoms. The van der Waals surface area contributed by atoms with Crippen molar-refractivity contribution >= 4 is 22.8 Å². The van der Waals surface area contributed by atoms with Gasteiger partial charge < -0.3 is 23.7 Å². The summed E-state index contributed by atoms with van der Waals surface area (Å²) in [6.07, 6.45) is 2.24. The minimum absolute atomic E-state index is 0.234. The average molecular weight is 400 g/mol. The molecule has 0 radical (unpaired) electrons. The Morgan fingerprint density at radius 2 is 2.14 bits per heavy atom. The Hall–Kier alpha value is -3.29. The van der Waals surface area contributed by atoms with Crippen LogP contribution in [-0.2, 0) is 9.53 Å². The number of nitrogens with one attached hydrogen (secondary N) is 1. The molecule has 0 saturated carbocycles. The van der Waals surface area contributed by atoms with Gasteiger partial charge in [-0.15, -0.1) is 0 Å². The third-order valence-corrected chi connectivity index (χ3v) is 4.38. The zero-order valence-electron chi connectivity index (χ0n) is 16.7. The molecule has 0 aliphatic rings. The highest BCUT2D eigenvalue weighted by Crippen LogP contribution is 2.31. The van der Waals surface area contributed by atoms with Gasteiger partial charge in [-0.3, -0.25) is 9.59 Å². The van der Waals surface area contributed by atoms with E-state index in [-0.39, 0.29) is 17.9 Å². The van der Waals surface area contributed by atoms with Gasteiger partial charge in [0, 0.05) is 11.8 Å². The summed E-state index contributed by atoms with van der Waals surface area (Å²) < 4.78 is 21.6. The summed E-state index contributed by atoms with van der Waals surface area (Å²) in [4.78, 5) is 23.8. The second kappa shape index (κ2) is 9.27. The number of furan rings is 1. The Balaban J connectivity index is 1.65. The minimum Gasteiger partial charge on any atom is -0.490 e. The second-order valence-electron chi connectivity index (χ2n) is 6.57. The van der Waals surface area contributed by atoms with Crippen LogP contribution in [0.4, 0.5) is 0 Å². The van der Waals surface area contributed by atoms with E-state index in [1.165, 1.54) is 6.20 Å². The summed E-state index contributed by atoms with van der Waals surface area (Å²) in [5, 5.41) is 7.36. The molecule has 0 bridgehead atoms. The number of aromatic nitrogens is 1. The third-order valence-electron chi connectivity index (χ3n) is 4.38. The van der Waals surface area contributed by atoms with Gasteiger partial charge in [0.2, 0.25) is 0 Å². The lowest BCUT2D eigenvalue weighted by Gasteiger charge is -2.10. The largest absolute Gasteiger partial charge is 0.490 e. The van der Waals surface area contributed by atoms with Crippen LogP contribution in [0, 0.1) is 6.92 Å². The maximum absolute atomic E-state index is 12.4. The summed E-state index contributed by atoms with van der Waals surface area (Å²) in [6, 6.07) is 7.09. The number of benzene rings is 1. The number of hydrogen-bond donors (Lipinski definition) is 1. The number of carbonyl (C=O) groups excluding carboxylic acids is 2. The highest BCUT2D eigenvalue weighted by molar-refractivity contribution is 5.95. The minimum atomic E-state index is -0.360. The molecule has 0 fully saturated rings. The molecule has 1 aromatic carbocycles. The fraction of sp³-hybridized carbons (Fsp3) is 0.381. The van der Waals surface area contributed by atoms with Crippen molar-refractivity contribution < 1.29 is 28.0 Å². The third kappa shape index (κ3) is 4.96. The van der Waals surface area contributed by atoms with Crippen molar-refractivity contribution in [2.45, 2.75) is 39.7 Å². The Bertz CT molecular complexity index is 990. The first-order valence-corrected chi connectivity index (χ1v) is 9.52. The SMILES string of the molecule is CCOC(=O)CCCOc1cccc2cc(C(C)NC(=O)c3cnoc3C)oc12. The monoisotopic (exact) mass is 400 g/mol. The number of ether oxygens (including phenoxy) is 2. The first-order chi connectivity index (χ1) is 14.0. The maximum Gasteiger partial charge on any atom is 0.305 e. The molecule has 154 valence electrons. The molecule has 3 rings (SSSR count). The van der Waals surface area contributed by atoms with Crippen molar-refractivity contribution in [3.63, 3.8) is 0 Å². The molecule has 1 N–H and O–H groups in total. The Kier molecular flexibility index (Phi) is 6.54. The summed E-state index contributed by atoms with van der Waals surface area (Å²) in [6.45, 7) is 6.03. The number of carbonyl (C=O) groups is 2. The second-order valence-corrected chi connectivity index (χ2v) is 6.57. The molecule has 1 unspecified atom stereocenters. The number of hydrogen-bond acceptors (Lipinski definition) is 7. The zero-order chi connectivity index (χ0) is 20.8. The summed E-state index contributed by atoms with van der Waals surface area (Å²) in [5.41, 5.74) is 0.986. The molecule has 2 aromatic heterocycles. The summed E-state index contributed by atoms with van der Waals surface area (Å²) in [5.74, 6) is 1.13. The van der Waals surface area contributed by atoms with E-state index in [4.69, 9.17) is 18.4 Å². The van der Waals surface area contributed by atoms with Gasteiger partial charge in [0.05, 0.1) is 25.5 Å². The van der Waals surface area contributed by atoms with E-state index in [1.807, 2.05) is 31.2 Å². The lowest BCUT2D eigenvalue weighted by molar-refractivity contribution is -0.143. The van der Waals surface area contributed by atoms with Crippen LogP contribution in [0.5, 0.6) is 5.75 Å². The molecule has 0 aliphatic carbocycles. The fourth-order valence-corrected chi connectivity index (χ4v) is 2.88. The molecule has 3 aromatic rings. The number of rotatable bonds is 9. The number of aryl methyl sites for hydroxylation is 1. The molecular formula is C21H24N2O6. The standard InChI is InChI=1S/C21H24N2O6/c1-4-26-19(24)9-6-10-27-17-8-5-7-15-11-18(28-20(15)17)13(2)23-21(25)16-12-22-29-14(16)3/h5,7-8,11-13H,4,6,9-10H2,1-3H3,(H,23,25). The van der Waals surface area contributed by atoms with E-state index in [9.17, 15) is 9.59 Å². The van der Waals surface area contributed by atoms with Crippen molar-refractivity contribution in [3.05, 3.63) is 47.5 Å². The first-order valence-electron chi connectivity index (χ1n) is 9.52. The number of fused-ring (bicyclic) bond motifs is 1. The van der Waals surface area contributed by atoms with Gasteiger partial charge in [-0.25, -0.2) is 0 Å². The molecule has 29 heavy (non-hydrogen) atoms. The quantitative estimate of drug-likeness (QED) is 0.428. The van der Waals surface area contributed by atoms with Crippen LogP contribution < -0.4 is 10.1 Å². The lowest BCUT2D eigenvalue weighted by atomic mass is 10.2. The van der Waals surface area contributed by atoms with Crippen molar-refractivity contribution in [2.24, 2.45) is 0 Å². The Morgan fingerprint density at radius 3 is 2.86 bits per heavy atom. The van der Waals surface area contributed by atoms with Crippen molar-refractivity contribution in [1.29, 1.82) is 0 Å². The lowest BCUT2D eigenvalue weighted by Crippen LogP contribution is -2.26. The van der Waals surface area contributed by atoms with Gasteiger partial charge in [-0.2, -0.15) is 0 Å². The number of amides is 1. The van der Waals surface area contributed by atoms with Crippen LogP contribution in [0.2, 0.25) is 0 Å². The number of nitrogens with zero attached hydrogens (tertiary/aromatic N) is 1. The smallest absolute Gasteiger partial charge is 0.305 e. The van der Waals surface area contributed by atoms with Gasteiger partial charge in [0.25, 0.3) is 5.91 Å². The predicted octanol–water partition coefficient (Wildman–Crippen LogP) is 3.94. The highest BCUT2D eigenvalue weighted by Gasteiger charge is 2.19. The molecule has 1 atom stereocenters. The van der Waals surface area contributed by atoms with Crippen LogP contribution in [0.15, 0.2) is 39.4 Å². The summed E-state index contributed by atoms with van der Waals surface area (Å²) in [7, 11) is 0. The van der Waals surface area contributed by atoms with E-state index in [0.29, 0.717) is 54.5 Å². The van der Waals surface area contributed by atoms with Gasteiger partial charge in [-0.05, 0) is 39.3 Å². The van der Waals surface area contributed by atoms with E-state index in [1.54, 1.807) is 13.8 Å². The van der Waals surface area contributed by atoms with E-state index >= 15 is 0 Å². The zero-order valence-corrected chi connectivity index (χ0v) is 16.7. The molecule has 0 saturated heterocycles. The molecule has 8 nitrogen and oxygen atoms in total. The van der Waals surface area contributed by atoms with Crippen LogP contribution in [-0.4, -0.2) is 30.2 Å². The van der Waals surface area contributed by atoms with E-state index in [0.717, 1.165) is 5.39 Å². The van der Waals surface area contributed by atoms with Crippen molar-refractivity contribution in [2.75, 3.05) is 13.2 Å².